The molecule has 0 amide bonds. The summed E-state index contributed by atoms with van der Waals surface area (Å²) >= 11 is 0. The molecule has 0 bridgehead atoms. The number of nitrogens with zero attached hydrogens (tertiary/aromatic N) is 5. The van der Waals surface area contributed by atoms with Gasteiger partial charge in [0, 0.05) is 43.1 Å². The first-order chi connectivity index (χ1) is 13.7. The number of aromatic nitrogens is 4. The van der Waals surface area contributed by atoms with Crippen molar-refractivity contribution in [2.45, 2.75) is 32.8 Å². The van der Waals surface area contributed by atoms with Crippen LogP contribution in [-0.2, 0) is 0 Å². The van der Waals surface area contributed by atoms with Gasteiger partial charge >= 0.3 is 0 Å². The predicted octanol–water partition coefficient (Wildman–Crippen LogP) is 2.56. The van der Waals surface area contributed by atoms with Crippen LogP contribution in [0.25, 0.3) is 5.65 Å². The molecule has 1 aromatic carbocycles. The first-order valence-electron chi connectivity index (χ1n) is 9.67. The molecule has 0 radical (unpaired) electrons. The Balaban J connectivity index is 1.27. The van der Waals surface area contributed by atoms with Crippen LogP contribution in [0.5, 0.6) is 17.2 Å². The molecule has 0 unspecified atom stereocenters. The van der Waals surface area contributed by atoms with Crippen molar-refractivity contribution in [2.24, 2.45) is 0 Å². The summed E-state index contributed by atoms with van der Waals surface area (Å²) in [4.78, 5) is 6.60. The van der Waals surface area contributed by atoms with Crippen LogP contribution in [0, 0.1) is 13.8 Å². The fourth-order valence-electron chi connectivity index (χ4n) is 3.83. The molecular formula is C20H23N5O3. The number of aryl methyl sites for hydroxylation is 1. The third kappa shape index (κ3) is 2.98. The molecular weight excluding hydrogens is 358 g/mol. The normalized spacial score (nSPS) is 17.1. The largest absolute Gasteiger partial charge is 0.490 e. The number of hydrogen-bond donors (Lipinski definition) is 0. The van der Waals surface area contributed by atoms with Gasteiger partial charge in [-0.3, -0.25) is 0 Å². The molecule has 8 heteroatoms. The van der Waals surface area contributed by atoms with Gasteiger partial charge in [0.15, 0.2) is 23.0 Å². The van der Waals surface area contributed by atoms with Crippen molar-refractivity contribution >= 4 is 11.5 Å². The van der Waals surface area contributed by atoms with Crippen molar-refractivity contribution in [2.75, 3.05) is 31.2 Å². The molecule has 2 aromatic heterocycles. The van der Waals surface area contributed by atoms with Crippen LogP contribution >= 0.6 is 0 Å². The van der Waals surface area contributed by atoms with E-state index in [1.807, 2.05) is 18.2 Å². The maximum atomic E-state index is 6.21. The fraction of sp³-hybridized carbons (Fsp3) is 0.450. The molecule has 3 aromatic rings. The zero-order valence-corrected chi connectivity index (χ0v) is 16.1. The van der Waals surface area contributed by atoms with Gasteiger partial charge in [0.25, 0.3) is 0 Å². The maximum Gasteiger partial charge on any atom is 0.179 e. The van der Waals surface area contributed by atoms with E-state index in [9.17, 15) is 0 Å². The number of ether oxygens (including phenoxy) is 3. The molecule has 2 aliphatic rings. The molecule has 8 nitrogen and oxygen atoms in total. The summed E-state index contributed by atoms with van der Waals surface area (Å²) in [5.41, 5.74) is 3.10. The van der Waals surface area contributed by atoms with Crippen LogP contribution in [0.4, 0.5) is 5.82 Å². The Hall–Kier alpha value is -3.03. The van der Waals surface area contributed by atoms with E-state index in [0.29, 0.717) is 13.2 Å². The molecule has 1 fully saturated rings. The van der Waals surface area contributed by atoms with Crippen molar-refractivity contribution in [1.82, 2.24) is 19.8 Å². The van der Waals surface area contributed by atoms with Crippen LogP contribution in [-0.4, -0.2) is 52.2 Å². The lowest BCUT2D eigenvalue weighted by Crippen LogP contribution is -2.39. The Morgan fingerprint density at radius 2 is 1.82 bits per heavy atom. The quantitative estimate of drug-likeness (QED) is 0.690. The lowest BCUT2D eigenvalue weighted by Gasteiger charge is -2.34. The molecule has 0 N–H and O–H groups in total. The van der Waals surface area contributed by atoms with E-state index in [1.54, 1.807) is 11.0 Å². The van der Waals surface area contributed by atoms with Crippen LogP contribution in [0.1, 0.15) is 24.0 Å². The average Bonchev–Trinajstić information content (AvgIpc) is 3.20. The topological polar surface area (TPSA) is 74.0 Å². The monoisotopic (exact) mass is 381 g/mol. The van der Waals surface area contributed by atoms with Gasteiger partial charge in [0.05, 0.1) is 0 Å². The van der Waals surface area contributed by atoms with Crippen molar-refractivity contribution in [3.8, 4) is 17.2 Å². The van der Waals surface area contributed by atoms with Crippen LogP contribution in [0.2, 0.25) is 0 Å². The number of fused-ring (bicyclic) bond motifs is 2. The number of piperidine rings is 1. The van der Waals surface area contributed by atoms with E-state index in [-0.39, 0.29) is 6.10 Å². The number of rotatable bonds is 3. The predicted molar refractivity (Wildman–Crippen MR) is 104 cm³/mol. The van der Waals surface area contributed by atoms with Gasteiger partial charge in [-0.15, -0.1) is 14.8 Å². The summed E-state index contributed by atoms with van der Waals surface area (Å²) < 4.78 is 19.0. The summed E-state index contributed by atoms with van der Waals surface area (Å²) in [6.07, 6.45) is 3.59. The lowest BCUT2D eigenvalue weighted by atomic mass is 10.1. The number of hydrogen-bond acceptors (Lipinski definition) is 7. The highest BCUT2D eigenvalue weighted by molar-refractivity contribution is 5.58. The smallest absolute Gasteiger partial charge is 0.179 e. The Labute approximate surface area is 163 Å². The molecule has 146 valence electrons. The zero-order valence-electron chi connectivity index (χ0n) is 16.1. The van der Waals surface area contributed by atoms with E-state index in [1.165, 1.54) is 0 Å². The van der Waals surface area contributed by atoms with Crippen LogP contribution < -0.4 is 19.1 Å². The summed E-state index contributed by atoms with van der Waals surface area (Å²) in [6, 6.07) is 5.80. The number of benzene rings is 1. The van der Waals surface area contributed by atoms with Crippen molar-refractivity contribution in [3.63, 3.8) is 0 Å². The van der Waals surface area contributed by atoms with Crippen molar-refractivity contribution in [1.29, 1.82) is 0 Å². The van der Waals surface area contributed by atoms with Gasteiger partial charge in [-0.2, -0.15) is 0 Å². The zero-order chi connectivity index (χ0) is 19.1. The Bertz CT molecular complexity index is 1010. The van der Waals surface area contributed by atoms with E-state index in [0.717, 1.165) is 65.8 Å². The summed E-state index contributed by atoms with van der Waals surface area (Å²) in [5.74, 6) is 3.36. The van der Waals surface area contributed by atoms with Crippen molar-refractivity contribution in [3.05, 3.63) is 35.7 Å². The highest BCUT2D eigenvalue weighted by Gasteiger charge is 2.25. The minimum Gasteiger partial charge on any atom is -0.490 e. The summed E-state index contributed by atoms with van der Waals surface area (Å²) in [6.45, 7) is 7.13. The third-order valence-corrected chi connectivity index (χ3v) is 5.51. The summed E-state index contributed by atoms with van der Waals surface area (Å²) in [5, 5.41) is 8.88. The van der Waals surface area contributed by atoms with Gasteiger partial charge < -0.3 is 19.1 Å². The van der Waals surface area contributed by atoms with Gasteiger partial charge in [0.1, 0.15) is 31.4 Å². The lowest BCUT2D eigenvalue weighted by molar-refractivity contribution is 0.159. The molecule has 2 aliphatic heterocycles. The third-order valence-electron chi connectivity index (χ3n) is 5.51. The second kappa shape index (κ2) is 6.85. The Kier molecular flexibility index (Phi) is 4.18. The van der Waals surface area contributed by atoms with Gasteiger partial charge in [0.2, 0.25) is 0 Å². The van der Waals surface area contributed by atoms with E-state index in [2.05, 4.69) is 33.9 Å². The van der Waals surface area contributed by atoms with Crippen LogP contribution in [0.15, 0.2) is 24.5 Å². The molecule has 1 saturated heterocycles. The van der Waals surface area contributed by atoms with Gasteiger partial charge in [-0.05, 0) is 26.0 Å². The maximum absolute atomic E-state index is 6.21. The molecule has 0 spiro atoms. The number of anilines is 1. The molecule has 5 rings (SSSR count). The second-order valence-electron chi connectivity index (χ2n) is 7.26. The van der Waals surface area contributed by atoms with E-state index < -0.39 is 0 Å². The second-order valence-corrected chi connectivity index (χ2v) is 7.26. The average molecular weight is 381 g/mol. The van der Waals surface area contributed by atoms with Gasteiger partial charge in [-0.1, -0.05) is 0 Å². The minimum atomic E-state index is 0.176. The Morgan fingerprint density at radius 1 is 1.04 bits per heavy atom. The molecule has 4 heterocycles. The minimum absolute atomic E-state index is 0.176. The van der Waals surface area contributed by atoms with E-state index in [4.69, 9.17) is 14.2 Å². The van der Waals surface area contributed by atoms with Gasteiger partial charge in [-0.25, -0.2) is 4.98 Å². The Morgan fingerprint density at radius 3 is 2.64 bits per heavy atom. The highest BCUT2D eigenvalue weighted by atomic mass is 16.6. The fourth-order valence-corrected chi connectivity index (χ4v) is 3.83. The van der Waals surface area contributed by atoms with E-state index >= 15 is 0 Å². The first-order valence-corrected chi connectivity index (χ1v) is 9.67. The highest BCUT2D eigenvalue weighted by Crippen LogP contribution is 2.34. The first kappa shape index (κ1) is 17.1. The van der Waals surface area contributed by atoms with Crippen LogP contribution in [0.3, 0.4) is 0 Å². The van der Waals surface area contributed by atoms with Crippen molar-refractivity contribution < 1.29 is 14.2 Å². The SMILES string of the molecule is Cc1c(N2CCC(Oc3ccc4c(c3)OCCO4)CC2)nn2ncnc2c1C. The molecule has 0 atom stereocenters. The standard InChI is InChI=1S/C20H23N5O3/c1-13-14(2)20(23-25-19(13)21-12-22-25)24-7-5-15(6-8-24)28-16-3-4-17-18(11-16)27-10-9-26-17/h3-4,11-12,15H,5-10H2,1-2H3. The molecule has 0 aliphatic carbocycles. The molecule has 0 saturated carbocycles. The summed E-state index contributed by atoms with van der Waals surface area (Å²) in [7, 11) is 0. The molecule has 28 heavy (non-hydrogen) atoms.